The minimum atomic E-state index is 0.966. The van der Waals surface area contributed by atoms with Crippen molar-refractivity contribution in [3.63, 3.8) is 0 Å². The Morgan fingerprint density at radius 2 is 1.32 bits per heavy atom. The number of fused-ring (bicyclic) bond motifs is 8. The molecule has 0 saturated heterocycles. The largest absolute Gasteiger partial charge is 0.309 e. The highest BCUT2D eigenvalue weighted by Crippen LogP contribution is 2.54. The maximum Gasteiger partial charge on any atom is 0.0563 e. The smallest absolute Gasteiger partial charge is 0.0563 e. The molecular formula is C26H18N2. The predicted molar refractivity (Wildman–Crippen MR) is 113 cm³/mol. The number of nitrogens with zero attached hydrogens (tertiary/aromatic N) is 2. The highest BCUT2D eigenvalue weighted by molar-refractivity contribution is 5.94. The number of aromatic nitrogens is 1. The second-order valence-electron chi connectivity index (χ2n) is 8.06. The van der Waals surface area contributed by atoms with Crippen LogP contribution in [-0.2, 0) is 19.3 Å². The van der Waals surface area contributed by atoms with Crippen molar-refractivity contribution >= 4 is 17.1 Å². The van der Waals surface area contributed by atoms with Gasteiger partial charge in [-0.3, -0.25) is 4.98 Å². The van der Waals surface area contributed by atoms with E-state index in [0.29, 0.717) is 0 Å². The van der Waals surface area contributed by atoms with Crippen LogP contribution in [0.1, 0.15) is 33.4 Å². The molecule has 0 bridgehead atoms. The minimum absolute atomic E-state index is 0.966. The Labute approximate surface area is 164 Å². The highest BCUT2D eigenvalue weighted by atomic mass is 15.2. The second kappa shape index (κ2) is 5.11. The molecule has 0 fully saturated rings. The van der Waals surface area contributed by atoms with Gasteiger partial charge >= 0.3 is 0 Å². The number of benzene rings is 3. The van der Waals surface area contributed by atoms with E-state index in [1.165, 1.54) is 61.6 Å². The van der Waals surface area contributed by atoms with Crippen LogP contribution in [0.5, 0.6) is 0 Å². The maximum absolute atomic E-state index is 4.56. The fourth-order valence-electron chi connectivity index (χ4n) is 5.40. The summed E-state index contributed by atoms with van der Waals surface area (Å²) in [7, 11) is 0. The van der Waals surface area contributed by atoms with Crippen molar-refractivity contribution in [3.8, 4) is 11.1 Å². The van der Waals surface area contributed by atoms with Gasteiger partial charge in [-0.25, -0.2) is 0 Å². The van der Waals surface area contributed by atoms with Crippen molar-refractivity contribution in [3.05, 3.63) is 106 Å². The van der Waals surface area contributed by atoms with Crippen LogP contribution < -0.4 is 4.90 Å². The molecule has 3 aliphatic rings. The van der Waals surface area contributed by atoms with Crippen LogP contribution in [0.25, 0.3) is 11.1 Å². The highest BCUT2D eigenvalue weighted by Gasteiger charge is 2.35. The first-order valence-electron chi connectivity index (χ1n) is 9.95. The van der Waals surface area contributed by atoms with Gasteiger partial charge in [0.25, 0.3) is 0 Å². The Hall–Kier alpha value is -3.39. The summed E-state index contributed by atoms with van der Waals surface area (Å²) in [6.45, 7) is 0. The van der Waals surface area contributed by atoms with Crippen LogP contribution in [0.2, 0.25) is 0 Å². The van der Waals surface area contributed by atoms with Gasteiger partial charge in [0.2, 0.25) is 0 Å². The Balaban J connectivity index is 1.56. The summed E-state index contributed by atoms with van der Waals surface area (Å²) in [6, 6.07) is 22.4. The van der Waals surface area contributed by atoms with E-state index in [2.05, 4.69) is 82.9 Å². The normalized spacial score (nSPS) is 14.6. The van der Waals surface area contributed by atoms with Gasteiger partial charge in [0.1, 0.15) is 0 Å². The average molecular weight is 358 g/mol. The lowest BCUT2D eigenvalue weighted by molar-refractivity contribution is 0.977. The summed E-state index contributed by atoms with van der Waals surface area (Å²) in [4.78, 5) is 7.10. The summed E-state index contributed by atoms with van der Waals surface area (Å²) < 4.78 is 0. The maximum atomic E-state index is 4.56. The first-order valence-corrected chi connectivity index (χ1v) is 9.95. The monoisotopic (exact) mass is 358 g/mol. The topological polar surface area (TPSA) is 16.1 Å². The number of rotatable bonds is 0. The molecule has 0 radical (unpaired) electrons. The number of para-hydroxylation sites is 1. The second-order valence-corrected chi connectivity index (χ2v) is 8.06. The van der Waals surface area contributed by atoms with Crippen molar-refractivity contribution < 1.29 is 0 Å². The van der Waals surface area contributed by atoms with Gasteiger partial charge in [0, 0.05) is 37.3 Å². The zero-order chi connectivity index (χ0) is 18.2. The van der Waals surface area contributed by atoms with E-state index in [1.807, 2.05) is 0 Å². The Bertz CT molecular complexity index is 1290. The molecule has 2 aliphatic heterocycles. The van der Waals surface area contributed by atoms with Crippen LogP contribution in [0.15, 0.2) is 73.1 Å². The van der Waals surface area contributed by atoms with Gasteiger partial charge in [-0.2, -0.15) is 0 Å². The van der Waals surface area contributed by atoms with Crippen molar-refractivity contribution in [2.24, 2.45) is 0 Å². The van der Waals surface area contributed by atoms with E-state index >= 15 is 0 Å². The average Bonchev–Trinajstić information content (AvgIpc) is 3.12. The zero-order valence-electron chi connectivity index (χ0n) is 15.4. The van der Waals surface area contributed by atoms with Gasteiger partial charge < -0.3 is 4.90 Å². The van der Waals surface area contributed by atoms with Crippen molar-refractivity contribution in [1.29, 1.82) is 0 Å². The zero-order valence-corrected chi connectivity index (χ0v) is 15.4. The van der Waals surface area contributed by atoms with Gasteiger partial charge in [0.05, 0.1) is 11.4 Å². The van der Waals surface area contributed by atoms with E-state index in [1.54, 1.807) is 0 Å². The van der Waals surface area contributed by atoms with Crippen molar-refractivity contribution in [1.82, 2.24) is 4.98 Å². The van der Waals surface area contributed by atoms with Crippen molar-refractivity contribution in [2.75, 3.05) is 4.90 Å². The summed E-state index contributed by atoms with van der Waals surface area (Å²) >= 11 is 0. The molecule has 2 nitrogen and oxygen atoms in total. The molecule has 7 rings (SSSR count). The summed E-state index contributed by atoms with van der Waals surface area (Å²) in [5, 5.41) is 0. The summed E-state index contributed by atoms with van der Waals surface area (Å²) in [5.74, 6) is 0. The molecule has 3 heterocycles. The molecule has 3 aromatic carbocycles. The third-order valence-corrected chi connectivity index (χ3v) is 6.55. The van der Waals surface area contributed by atoms with Crippen LogP contribution in [0.4, 0.5) is 17.1 Å². The molecule has 0 unspecified atom stereocenters. The van der Waals surface area contributed by atoms with Crippen LogP contribution in [-0.4, -0.2) is 4.98 Å². The van der Waals surface area contributed by atoms with Gasteiger partial charge in [-0.15, -0.1) is 0 Å². The molecule has 0 atom stereocenters. The molecule has 28 heavy (non-hydrogen) atoms. The minimum Gasteiger partial charge on any atom is -0.309 e. The molecule has 0 N–H and O–H groups in total. The van der Waals surface area contributed by atoms with E-state index in [4.69, 9.17) is 0 Å². The molecule has 1 aliphatic carbocycles. The third-order valence-electron chi connectivity index (χ3n) is 6.55. The number of hydrogen-bond acceptors (Lipinski definition) is 2. The van der Waals surface area contributed by atoms with E-state index in [9.17, 15) is 0 Å². The van der Waals surface area contributed by atoms with Gasteiger partial charge in [0.15, 0.2) is 0 Å². The third kappa shape index (κ3) is 1.75. The van der Waals surface area contributed by atoms with Crippen LogP contribution in [0, 0.1) is 0 Å². The number of anilines is 3. The van der Waals surface area contributed by atoms with Crippen LogP contribution in [0.3, 0.4) is 0 Å². The molecule has 0 saturated carbocycles. The van der Waals surface area contributed by atoms with Gasteiger partial charge in [-0.1, -0.05) is 54.6 Å². The molecule has 0 amide bonds. The molecule has 4 aromatic rings. The van der Waals surface area contributed by atoms with E-state index < -0.39 is 0 Å². The summed E-state index contributed by atoms with van der Waals surface area (Å²) in [5.41, 5.74) is 15.3. The Kier molecular flexibility index (Phi) is 2.67. The van der Waals surface area contributed by atoms with Crippen molar-refractivity contribution in [2.45, 2.75) is 19.3 Å². The Morgan fingerprint density at radius 3 is 2.21 bits per heavy atom. The first-order chi connectivity index (χ1) is 13.9. The van der Waals surface area contributed by atoms with E-state index in [0.717, 1.165) is 19.3 Å². The fourth-order valence-corrected chi connectivity index (χ4v) is 5.40. The molecule has 1 aromatic heterocycles. The van der Waals surface area contributed by atoms with E-state index in [-0.39, 0.29) is 0 Å². The standard InChI is InChI=1S/C26H18N2/c1-3-7-21-16(5-1)13-23-22(21)10-9-18-12-20-15-27-14-19-11-17-6-2-4-8-24(17)28(25(19)20)26(18)23/h1-10,14-15H,11-13H2. The van der Waals surface area contributed by atoms with Crippen LogP contribution >= 0.6 is 0 Å². The molecular weight excluding hydrogens is 340 g/mol. The summed E-state index contributed by atoms with van der Waals surface area (Å²) in [6.07, 6.45) is 7.07. The lowest BCUT2D eigenvalue weighted by atomic mass is 9.86. The lowest BCUT2D eigenvalue weighted by Gasteiger charge is -2.40. The number of hydrogen-bond donors (Lipinski definition) is 0. The fraction of sp³-hybridized carbons (Fsp3) is 0.115. The molecule has 2 heteroatoms. The lowest BCUT2D eigenvalue weighted by Crippen LogP contribution is -2.26. The van der Waals surface area contributed by atoms with Gasteiger partial charge in [-0.05, 0) is 50.6 Å². The SMILES string of the molecule is c1ccc2c(c1)Cc1c-2ccc2c1N1c3ccccc3Cc3cncc(c31)C2. The number of pyridine rings is 1. The first kappa shape index (κ1) is 14.6. The predicted octanol–water partition coefficient (Wildman–Crippen LogP) is 5.93. The molecule has 132 valence electrons. The quantitative estimate of drug-likeness (QED) is 0.334. The molecule has 0 spiro atoms. The Morgan fingerprint density at radius 1 is 0.571 bits per heavy atom.